The molecule has 2 N–H and O–H groups in total. The highest BCUT2D eigenvalue weighted by Gasteiger charge is 2.34. The molecule has 1 aliphatic heterocycles. The number of nitrogens with zero attached hydrogens (tertiary/aromatic N) is 1. The number of rotatable bonds is 5. The summed E-state index contributed by atoms with van der Waals surface area (Å²) in [5.74, 6) is -1.49. The van der Waals surface area contributed by atoms with Crippen LogP contribution in [0.15, 0.2) is 0 Å². The lowest BCUT2D eigenvalue weighted by Gasteiger charge is -2.35. The van der Waals surface area contributed by atoms with Gasteiger partial charge >= 0.3 is 5.97 Å². The molecule has 1 saturated carbocycles. The van der Waals surface area contributed by atoms with Gasteiger partial charge in [-0.25, -0.2) is 4.72 Å². The highest BCUT2D eigenvalue weighted by atomic mass is 32.2. The molecule has 0 aromatic rings. The number of hydrogen-bond donors (Lipinski definition) is 2. The van der Waals surface area contributed by atoms with E-state index in [1.165, 1.54) is 10.7 Å². The highest BCUT2D eigenvalue weighted by molar-refractivity contribution is 7.87. The Morgan fingerprint density at radius 1 is 1.29 bits per heavy atom. The smallest absolute Gasteiger partial charge is 0.307 e. The van der Waals surface area contributed by atoms with Gasteiger partial charge in [0.1, 0.15) is 0 Å². The number of aliphatic carboxylic acids is 1. The third kappa shape index (κ3) is 4.40. The van der Waals surface area contributed by atoms with Gasteiger partial charge in [-0.2, -0.15) is 12.7 Å². The third-order valence-corrected chi connectivity index (χ3v) is 6.34. The minimum atomic E-state index is -3.57. The number of hydrogen-bond acceptors (Lipinski definition) is 3. The second kappa shape index (κ2) is 6.62. The maximum Gasteiger partial charge on any atom is 0.307 e. The summed E-state index contributed by atoms with van der Waals surface area (Å²) in [6, 6.07) is 0. The number of nitrogens with one attached hydrogen (secondary N) is 1. The van der Waals surface area contributed by atoms with Crippen molar-refractivity contribution in [3.63, 3.8) is 0 Å². The van der Waals surface area contributed by atoms with Gasteiger partial charge in [0.15, 0.2) is 0 Å². The van der Waals surface area contributed by atoms with E-state index < -0.39 is 22.1 Å². The summed E-state index contributed by atoms with van der Waals surface area (Å²) in [7, 11) is -3.57. The molecule has 0 radical (unpaired) electrons. The number of piperidine rings is 1. The summed E-state index contributed by atoms with van der Waals surface area (Å²) in [5, 5.41) is 9.05. The topological polar surface area (TPSA) is 86.7 Å². The molecule has 6 nitrogen and oxygen atoms in total. The molecule has 7 heteroatoms. The van der Waals surface area contributed by atoms with Gasteiger partial charge < -0.3 is 5.11 Å². The molecular formula is C14H26N2O4S. The van der Waals surface area contributed by atoms with Gasteiger partial charge in [0, 0.05) is 19.6 Å². The van der Waals surface area contributed by atoms with Crippen molar-refractivity contribution in [3.8, 4) is 0 Å². The zero-order valence-corrected chi connectivity index (χ0v) is 13.5. The van der Waals surface area contributed by atoms with Crippen LogP contribution in [0.2, 0.25) is 0 Å². The lowest BCUT2D eigenvalue weighted by atomic mass is 9.76. The van der Waals surface area contributed by atoms with Crippen LogP contribution in [-0.2, 0) is 15.0 Å². The average Bonchev–Trinajstić information content (AvgIpc) is 2.46. The highest BCUT2D eigenvalue weighted by Crippen LogP contribution is 2.35. The van der Waals surface area contributed by atoms with E-state index in [-0.39, 0.29) is 12.0 Å². The van der Waals surface area contributed by atoms with E-state index in [9.17, 15) is 13.2 Å². The summed E-state index contributed by atoms with van der Waals surface area (Å²) in [5.41, 5.74) is 0.0350. The van der Waals surface area contributed by atoms with Gasteiger partial charge in [0.05, 0.1) is 5.92 Å². The van der Waals surface area contributed by atoms with Gasteiger partial charge in [-0.15, -0.1) is 0 Å². The lowest BCUT2D eigenvalue weighted by Crippen LogP contribution is -2.49. The minimum Gasteiger partial charge on any atom is -0.481 e. The average molecular weight is 318 g/mol. The van der Waals surface area contributed by atoms with Crippen molar-refractivity contribution in [1.82, 2.24) is 9.03 Å². The van der Waals surface area contributed by atoms with Crippen molar-refractivity contribution in [3.05, 3.63) is 0 Å². The van der Waals surface area contributed by atoms with E-state index in [1.54, 1.807) is 0 Å². The molecule has 1 aliphatic carbocycles. The normalized spacial score (nSPS) is 27.4. The monoisotopic (exact) mass is 318 g/mol. The summed E-state index contributed by atoms with van der Waals surface area (Å²) in [6.07, 6.45) is 6.80. The Hall–Kier alpha value is -0.660. The van der Waals surface area contributed by atoms with Crippen molar-refractivity contribution in [2.75, 3.05) is 19.6 Å². The van der Waals surface area contributed by atoms with Crippen molar-refractivity contribution in [1.29, 1.82) is 0 Å². The van der Waals surface area contributed by atoms with Crippen LogP contribution in [-0.4, -0.2) is 43.4 Å². The van der Waals surface area contributed by atoms with E-state index in [0.717, 1.165) is 25.7 Å². The number of carboxylic acids is 1. The van der Waals surface area contributed by atoms with E-state index >= 15 is 0 Å². The molecule has 0 aromatic carbocycles. The number of carbonyl (C=O) groups is 1. The fourth-order valence-corrected chi connectivity index (χ4v) is 4.76. The molecule has 2 aliphatic rings. The Balaban J connectivity index is 1.93. The second-order valence-electron chi connectivity index (χ2n) is 6.73. The Bertz CT molecular complexity index is 471. The van der Waals surface area contributed by atoms with Crippen molar-refractivity contribution in [2.45, 2.75) is 51.9 Å². The first-order valence-electron chi connectivity index (χ1n) is 7.80. The Kier molecular flexibility index (Phi) is 5.27. The molecular weight excluding hydrogens is 292 g/mol. The molecule has 1 saturated heterocycles. The number of carboxylic acid groups (broad SMARTS) is 1. The first kappa shape index (κ1) is 16.7. The van der Waals surface area contributed by atoms with E-state index in [0.29, 0.717) is 25.9 Å². The summed E-state index contributed by atoms with van der Waals surface area (Å²) in [4.78, 5) is 11.0. The zero-order chi connectivity index (χ0) is 15.5. The standard InChI is InChI=1S/C14H26N2O4S/c1-14(7-3-2-4-8-14)11-15-21(19,20)16-9-5-6-12(10-16)13(17)18/h12,15H,2-11H2,1H3,(H,17,18). The Morgan fingerprint density at radius 3 is 2.57 bits per heavy atom. The van der Waals surface area contributed by atoms with Gasteiger partial charge in [0.25, 0.3) is 10.2 Å². The van der Waals surface area contributed by atoms with Crippen LogP contribution in [0.25, 0.3) is 0 Å². The third-order valence-electron chi connectivity index (χ3n) is 4.82. The fourth-order valence-electron chi connectivity index (χ4n) is 3.30. The zero-order valence-electron chi connectivity index (χ0n) is 12.7. The molecule has 2 fully saturated rings. The minimum absolute atomic E-state index is 0.0350. The summed E-state index contributed by atoms with van der Waals surface area (Å²) < 4.78 is 28.7. The Labute approximate surface area is 127 Å². The predicted octanol–water partition coefficient (Wildman–Crippen LogP) is 1.59. The van der Waals surface area contributed by atoms with E-state index in [4.69, 9.17) is 5.11 Å². The molecule has 1 unspecified atom stereocenters. The van der Waals surface area contributed by atoms with Crippen molar-refractivity contribution in [2.24, 2.45) is 11.3 Å². The first-order chi connectivity index (χ1) is 9.82. The summed E-state index contributed by atoms with van der Waals surface area (Å²) in [6.45, 7) is 3.08. The molecule has 0 aromatic heterocycles. The summed E-state index contributed by atoms with van der Waals surface area (Å²) >= 11 is 0. The van der Waals surface area contributed by atoms with Crippen LogP contribution in [0.3, 0.4) is 0 Å². The van der Waals surface area contributed by atoms with Crippen molar-refractivity contribution < 1.29 is 18.3 Å². The van der Waals surface area contributed by atoms with Crippen LogP contribution in [0.5, 0.6) is 0 Å². The van der Waals surface area contributed by atoms with Crippen LogP contribution < -0.4 is 4.72 Å². The van der Waals surface area contributed by atoms with Gasteiger partial charge in [0.2, 0.25) is 0 Å². The van der Waals surface area contributed by atoms with Gasteiger partial charge in [-0.3, -0.25) is 4.79 Å². The van der Waals surface area contributed by atoms with Crippen molar-refractivity contribution >= 4 is 16.2 Å². The molecule has 0 amide bonds. The fraction of sp³-hybridized carbons (Fsp3) is 0.929. The molecule has 2 rings (SSSR count). The van der Waals surface area contributed by atoms with Crippen LogP contribution in [0, 0.1) is 11.3 Å². The van der Waals surface area contributed by atoms with Crippen LogP contribution in [0.4, 0.5) is 0 Å². The molecule has 1 atom stereocenters. The first-order valence-corrected chi connectivity index (χ1v) is 9.24. The quantitative estimate of drug-likeness (QED) is 0.806. The molecule has 122 valence electrons. The van der Waals surface area contributed by atoms with E-state index in [2.05, 4.69) is 11.6 Å². The maximum absolute atomic E-state index is 12.4. The van der Waals surface area contributed by atoms with Crippen LogP contribution >= 0.6 is 0 Å². The van der Waals surface area contributed by atoms with Crippen LogP contribution in [0.1, 0.15) is 51.9 Å². The van der Waals surface area contributed by atoms with Gasteiger partial charge in [-0.1, -0.05) is 26.2 Å². The van der Waals surface area contributed by atoms with E-state index in [1.807, 2.05) is 0 Å². The largest absolute Gasteiger partial charge is 0.481 e. The van der Waals surface area contributed by atoms with Gasteiger partial charge in [-0.05, 0) is 31.1 Å². The Morgan fingerprint density at radius 2 is 1.95 bits per heavy atom. The SMILES string of the molecule is CC1(CNS(=O)(=O)N2CCCC(C(=O)O)C2)CCCCC1. The molecule has 1 heterocycles. The lowest BCUT2D eigenvalue weighted by molar-refractivity contribution is -0.142. The second-order valence-corrected chi connectivity index (χ2v) is 8.49. The molecule has 21 heavy (non-hydrogen) atoms. The molecule has 0 bridgehead atoms. The predicted molar refractivity (Wildman–Crippen MR) is 80.0 cm³/mol. The molecule has 0 spiro atoms. The maximum atomic E-state index is 12.4.